The van der Waals surface area contributed by atoms with Crippen molar-refractivity contribution in [3.63, 3.8) is 0 Å². The van der Waals surface area contributed by atoms with E-state index in [0.717, 1.165) is 6.20 Å². The highest BCUT2D eigenvalue weighted by molar-refractivity contribution is 14.1. The predicted molar refractivity (Wildman–Crippen MR) is 56.2 cm³/mol. The van der Waals surface area contributed by atoms with Gasteiger partial charge in [0.1, 0.15) is 5.56 Å². The van der Waals surface area contributed by atoms with Crippen LogP contribution in [0.3, 0.4) is 0 Å². The molecule has 0 spiro atoms. The zero-order valence-corrected chi connectivity index (χ0v) is 10.0. The molecule has 1 aromatic heterocycles. The number of pyridine rings is 1. The molecule has 94 valence electrons. The molecule has 0 fully saturated rings. The summed E-state index contributed by atoms with van der Waals surface area (Å²) in [7, 11) is 0. The van der Waals surface area contributed by atoms with Gasteiger partial charge in [-0.2, -0.15) is 0 Å². The van der Waals surface area contributed by atoms with Gasteiger partial charge in [0, 0.05) is 0 Å². The Morgan fingerprint density at radius 2 is 2.18 bits per heavy atom. The number of hydrogen-bond donors (Lipinski definition) is 1. The first-order valence-corrected chi connectivity index (χ1v) is 5.02. The first-order valence-electron chi connectivity index (χ1n) is 3.94. The van der Waals surface area contributed by atoms with Crippen molar-refractivity contribution in [2.75, 3.05) is 0 Å². The zero-order valence-electron chi connectivity index (χ0n) is 7.86. The number of aliphatic hydroxyl groups is 1. The Hall–Kier alpha value is -1.17. The summed E-state index contributed by atoms with van der Waals surface area (Å²) in [6.07, 6.45) is -4.14. The van der Waals surface area contributed by atoms with Gasteiger partial charge in [-0.25, -0.2) is 0 Å². The molecule has 1 N–H and O–H groups in total. The van der Waals surface area contributed by atoms with Gasteiger partial charge in [0.25, 0.3) is 0 Å². The molecule has 1 heterocycles. The Kier molecular flexibility index (Phi) is 4.08. The number of ether oxygens (including phenoxy) is 1. The molecule has 1 rings (SSSR count). The third-order valence-corrected chi connectivity index (χ3v) is 2.38. The molecule has 17 heavy (non-hydrogen) atoms. The number of rotatable bonds is 3. The predicted octanol–water partition coefficient (Wildman–Crippen LogP) is 1.99. The van der Waals surface area contributed by atoms with Gasteiger partial charge in [-0.3, -0.25) is 0 Å². The lowest BCUT2D eigenvalue weighted by atomic mass is 10.2. The van der Waals surface area contributed by atoms with Gasteiger partial charge in [0.15, 0.2) is 11.9 Å². The molecule has 0 amide bonds. The Morgan fingerprint density at radius 1 is 1.59 bits per heavy atom. The van der Waals surface area contributed by atoms with E-state index in [-0.39, 0.29) is 3.57 Å². The number of nitrogens with zero attached hydrogens (tertiary/aromatic N) is 2. The summed E-state index contributed by atoms with van der Waals surface area (Å²) in [6, 6.07) is 0. The number of halogens is 4. The lowest BCUT2D eigenvalue weighted by Crippen LogP contribution is -2.19. The van der Waals surface area contributed by atoms with E-state index in [0.29, 0.717) is 0 Å². The summed E-state index contributed by atoms with van der Waals surface area (Å²) in [4.78, 5) is 12.8. The molecule has 0 aliphatic heterocycles. The standard InChI is InChI=1S/C7H4F3IN2O4/c8-7(9,10)17-5-3(2-14)6(13(15)16)12-1-4(5)11/h1,14H,2H2. The van der Waals surface area contributed by atoms with Gasteiger partial charge < -0.3 is 20.0 Å². The first-order chi connectivity index (χ1) is 7.76. The molecule has 0 aromatic carbocycles. The van der Waals surface area contributed by atoms with Gasteiger partial charge >= 0.3 is 12.2 Å². The summed E-state index contributed by atoms with van der Waals surface area (Å²) in [5, 5.41) is 19.4. The third-order valence-electron chi connectivity index (χ3n) is 1.61. The minimum atomic E-state index is -5.00. The molecule has 0 radical (unpaired) electrons. The molecular formula is C7H4F3IN2O4. The quantitative estimate of drug-likeness (QED) is 0.504. The van der Waals surface area contributed by atoms with E-state index in [1.165, 1.54) is 22.6 Å². The van der Waals surface area contributed by atoms with Crippen LogP contribution < -0.4 is 4.74 Å². The first kappa shape index (κ1) is 13.9. The smallest absolute Gasteiger partial charge is 0.404 e. The number of alkyl halides is 3. The monoisotopic (exact) mass is 364 g/mol. The highest BCUT2D eigenvalue weighted by Gasteiger charge is 2.35. The SMILES string of the molecule is O=[N+]([O-])c1ncc(I)c(OC(F)(F)F)c1CO. The highest BCUT2D eigenvalue weighted by Crippen LogP contribution is 2.34. The second-order valence-electron chi connectivity index (χ2n) is 2.70. The van der Waals surface area contributed by atoms with Crippen molar-refractivity contribution in [3.05, 3.63) is 25.4 Å². The van der Waals surface area contributed by atoms with Crippen LogP contribution in [0, 0.1) is 13.7 Å². The van der Waals surface area contributed by atoms with E-state index in [9.17, 15) is 23.3 Å². The van der Waals surface area contributed by atoms with Crippen molar-refractivity contribution < 1.29 is 27.9 Å². The van der Waals surface area contributed by atoms with Crippen LogP contribution in [-0.4, -0.2) is 21.4 Å². The summed E-state index contributed by atoms with van der Waals surface area (Å²) < 4.78 is 39.8. The van der Waals surface area contributed by atoms with Crippen LogP contribution in [0.25, 0.3) is 0 Å². The van der Waals surface area contributed by atoms with Crippen molar-refractivity contribution in [1.82, 2.24) is 4.98 Å². The van der Waals surface area contributed by atoms with Crippen molar-refractivity contribution in [3.8, 4) is 5.75 Å². The van der Waals surface area contributed by atoms with Crippen LogP contribution in [0.5, 0.6) is 5.75 Å². The van der Waals surface area contributed by atoms with Gasteiger partial charge in [0.2, 0.25) is 0 Å². The highest BCUT2D eigenvalue weighted by atomic mass is 127. The second kappa shape index (κ2) is 5.00. The normalized spacial score (nSPS) is 11.4. The van der Waals surface area contributed by atoms with Crippen molar-refractivity contribution in [2.24, 2.45) is 0 Å². The van der Waals surface area contributed by atoms with Crippen LogP contribution in [0.4, 0.5) is 19.0 Å². The van der Waals surface area contributed by atoms with Gasteiger partial charge in [-0.1, -0.05) is 0 Å². The van der Waals surface area contributed by atoms with Crippen LogP contribution in [-0.2, 0) is 6.61 Å². The van der Waals surface area contributed by atoms with Gasteiger partial charge in [-0.15, -0.1) is 13.2 Å². The van der Waals surface area contributed by atoms with Crippen LogP contribution in [0.1, 0.15) is 5.56 Å². The van der Waals surface area contributed by atoms with Crippen molar-refractivity contribution in [2.45, 2.75) is 13.0 Å². The fourth-order valence-electron chi connectivity index (χ4n) is 1.03. The Labute approximate surface area is 106 Å². The molecular weight excluding hydrogens is 360 g/mol. The van der Waals surface area contributed by atoms with Crippen LogP contribution >= 0.6 is 22.6 Å². The summed E-state index contributed by atoms with van der Waals surface area (Å²) in [6.45, 7) is -0.981. The Balaban J connectivity index is 3.35. The van der Waals surface area contributed by atoms with E-state index < -0.39 is 35.0 Å². The lowest BCUT2D eigenvalue weighted by Gasteiger charge is -2.12. The zero-order chi connectivity index (χ0) is 13.2. The number of nitro groups is 1. The fourth-order valence-corrected chi connectivity index (χ4v) is 1.60. The molecule has 0 aliphatic rings. The summed E-state index contributed by atoms with van der Waals surface area (Å²) in [5.74, 6) is -1.67. The average molecular weight is 364 g/mol. The molecule has 10 heteroatoms. The maximum Gasteiger partial charge on any atom is 0.573 e. The molecule has 0 saturated carbocycles. The Morgan fingerprint density at radius 3 is 2.59 bits per heavy atom. The topological polar surface area (TPSA) is 85.5 Å². The molecule has 0 unspecified atom stereocenters. The molecule has 1 aromatic rings. The molecule has 0 bridgehead atoms. The maximum atomic E-state index is 12.1. The van der Waals surface area contributed by atoms with Crippen LogP contribution in [0.2, 0.25) is 0 Å². The minimum absolute atomic E-state index is 0.0884. The molecule has 0 aliphatic carbocycles. The van der Waals surface area contributed by atoms with E-state index in [1.54, 1.807) is 0 Å². The van der Waals surface area contributed by atoms with E-state index in [1.807, 2.05) is 0 Å². The minimum Gasteiger partial charge on any atom is -0.404 e. The van der Waals surface area contributed by atoms with Gasteiger partial charge in [-0.05, 0) is 32.5 Å². The van der Waals surface area contributed by atoms with E-state index >= 15 is 0 Å². The number of aliphatic hydroxyl groups excluding tert-OH is 1. The van der Waals surface area contributed by atoms with Crippen molar-refractivity contribution >= 4 is 28.4 Å². The largest absolute Gasteiger partial charge is 0.573 e. The molecule has 6 nitrogen and oxygen atoms in total. The second-order valence-corrected chi connectivity index (χ2v) is 3.86. The third kappa shape index (κ3) is 3.39. The summed E-state index contributed by atoms with van der Waals surface area (Å²) >= 11 is 1.47. The van der Waals surface area contributed by atoms with Crippen LogP contribution in [0.15, 0.2) is 6.20 Å². The average Bonchev–Trinajstić information content (AvgIpc) is 2.18. The lowest BCUT2D eigenvalue weighted by molar-refractivity contribution is -0.390. The Bertz CT molecular complexity index is 451. The fraction of sp³-hybridized carbons (Fsp3) is 0.286. The number of aromatic nitrogens is 1. The maximum absolute atomic E-state index is 12.1. The van der Waals surface area contributed by atoms with Crippen molar-refractivity contribution in [1.29, 1.82) is 0 Å². The van der Waals surface area contributed by atoms with E-state index in [4.69, 9.17) is 5.11 Å². The molecule has 0 atom stereocenters. The number of hydrogen-bond acceptors (Lipinski definition) is 5. The summed E-state index contributed by atoms with van der Waals surface area (Å²) in [5.41, 5.74) is -0.612. The van der Waals surface area contributed by atoms with E-state index in [2.05, 4.69) is 9.72 Å². The van der Waals surface area contributed by atoms with Gasteiger partial charge in [0.05, 0.1) is 10.2 Å². The molecule has 0 saturated heterocycles.